The van der Waals surface area contributed by atoms with Gasteiger partial charge in [0.05, 0.1) is 5.75 Å². The Labute approximate surface area is 145 Å². The lowest BCUT2D eigenvalue weighted by atomic mass is 10.1. The van der Waals surface area contributed by atoms with Gasteiger partial charge in [0.2, 0.25) is 5.91 Å². The first kappa shape index (κ1) is 18.5. The molecule has 1 heterocycles. The number of allylic oxidation sites excluding steroid dienone is 1. The van der Waals surface area contributed by atoms with Gasteiger partial charge in [-0.2, -0.15) is 0 Å². The summed E-state index contributed by atoms with van der Waals surface area (Å²) in [6.45, 7) is 4.98. The van der Waals surface area contributed by atoms with Gasteiger partial charge in [0.15, 0.2) is 0 Å². The Kier molecular flexibility index (Phi) is 7.30. The summed E-state index contributed by atoms with van der Waals surface area (Å²) in [6, 6.07) is 7.64. The molecule has 1 aromatic rings. The Bertz CT molecular complexity index is 578. The standard InChI is InChI=1S/C17H22N2O4S/c1-2-5-13-6-3-4-7-15(13)23-11-14(20)10-18-8-9-19-16(21)12-24-17(19)22/h2-4,6-7,14,18,20H,1,5,8-12H2. The van der Waals surface area contributed by atoms with E-state index in [0.29, 0.717) is 26.1 Å². The molecular formula is C17H22N2O4S. The molecule has 0 aliphatic carbocycles. The number of hydrogen-bond acceptors (Lipinski definition) is 6. The molecule has 2 rings (SSSR count). The Morgan fingerprint density at radius 2 is 2.21 bits per heavy atom. The summed E-state index contributed by atoms with van der Waals surface area (Å²) in [7, 11) is 0. The van der Waals surface area contributed by atoms with Gasteiger partial charge in [0, 0.05) is 19.6 Å². The first-order chi connectivity index (χ1) is 11.6. The number of imide groups is 1. The Balaban J connectivity index is 1.67. The van der Waals surface area contributed by atoms with Crippen molar-refractivity contribution in [1.82, 2.24) is 10.2 Å². The van der Waals surface area contributed by atoms with E-state index >= 15 is 0 Å². The predicted molar refractivity (Wildman–Crippen MR) is 94.3 cm³/mol. The number of ether oxygens (including phenoxy) is 1. The minimum absolute atomic E-state index is 0.158. The Hall–Kier alpha value is -1.83. The van der Waals surface area contributed by atoms with Crippen LogP contribution in [0.25, 0.3) is 0 Å². The number of rotatable bonds is 10. The van der Waals surface area contributed by atoms with E-state index in [9.17, 15) is 14.7 Å². The fourth-order valence-corrected chi connectivity index (χ4v) is 3.02. The number of carbonyl (C=O) groups is 2. The van der Waals surface area contributed by atoms with Crippen LogP contribution >= 0.6 is 11.8 Å². The molecule has 1 aromatic carbocycles. The third-order valence-corrected chi connectivity index (χ3v) is 4.36. The maximum Gasteiger partial charge on any atom is 0.288 e. The van der Waals surface area contributed by atoms with Crippen molar-refractivity contribution in [3.05, 3.63) is 42.5 Å². The maximum absolute atomic E-state index is 11.4. The monoisotopic (exact) mass is 350 g/mol. The van der Waals surface area contributed by atoms with Crippen LogP contribution in [0.15, 0.2) is 36.9 Å². The van der Waals surface area contributed by atoms with E-state index in [1.54, 1.807) is 6.08 Å². The molecule has 0 bridgehead atoms. The van der Waals surface area contributed by atoms with Crippen LogP contribution in [0.2, 0.25) is 0 Å². The van der Waals surface area contributed by atoms with Gasteiger partial charge in [-0.3, -0.25) is 14.5 Å². The van der Waals surface area contributed by atoms with Crippen molar-refractivity contribution in [2.45, 2.75) is 12.5 Å². The van der Waals surface area contributed by atoms with Crippen molar-refractivity contribution in [1.29, 1.82) is 0 Å². The summed E-state index contributed by atoms with van der Waals surface area (Å²) in [5.41, 5.74) is 1.02. The van der Waals surface area contributed by atoms with E-state index < -0.39 is 6.10 Å². The third-order valence-electron chi connectivity index (χ3n) is 3.50. The fraction of sp³-hybridized carbons (Fsp3) is 0.412. The van der Waals surface area contributed by atoms with E-state index in [-0.39, 0.29) is 23.5 Å². The van der Waals surface area contributed by atoms with E-state index in [1.165, 1.54) is 4.90 Å². The number of carbonyl (C=O) groups excluding carboxylic acids is 2. The van der Waals surface area contributed by atoms with Crippen molar-refractivity contribution in [3.8, 4) is 5.75 Å². The normalized spacial score (nSPS) is 15.6. The lowest BCUT2D eigenvalue weighted by Gasteiger charge is -2.16. The zero-order valence-corrected chi connectivity index (χ0v) is 14.3. The molecular weight excluding hydrogens is 328 g/mol. The van der Waals surface area contributed by atoms with Gasteiger partial charge in [-0.05, 0) is 18.1 Å². The van der Waals surface area contributed by atoms with Gasteiger partial charge in [0.25, 0.3) is 5.24 Å². The first-order valence-electron chi connectivity index (χ1n) is 7.79. The van der Waals surface area contributed by atoms with Crippen molar-refractivity contribution in [2.24, 2.45) is 0 Å². The molecule has 0 radical (unpaired) electrons. The number of benzene rings is 1. The highest BCUT2D eigenvalue weighted by molar-refractivity contribution is 8.14. The minimum atomic E-state index is -0.679. The molecule has 24 heavy (non-hydrogen) atoms. The molecule has 1 fully saturated rings. The van der Waals surface area contributed by atoms with Crippen molar-refractivity contribution in [2.75, 3.05) is 32.0 Å². The Morgan fingerprint density at radius 1 is 1.42 bits per heavy atom. The van der Waals surface area contributed by atoms with Crippen molar-refractivity contribution >= 4 is 22.9 Å². The van der Waals surface area contributed by atoms with Crippen LogP contribution in [0, 0.1) is 0 Å². The highest BCUT2D eigenvalue weighted by Gasteiger charge is 2.29. The lowest BCUT2D eigenvalue weighted by Crippen LogP contribution is -2.39. The van der Waals surface area contributed by atoms with Gasteiger partial charge in [0.1, 0.15) is 18.5 Å². The first-order valence-corrected chi connectivity index (χ1v) is 8.78. The van der Waals surface area contributed by atoms with Gasteiger partial charge in [-0.1, -0.05) is 36.0 Å². The SMILES string of the molecule is C=CCc1ccccc1OCC(O)CNCCN1C(=O)CSC1=O. The van der Waals surface area contributed by atoms with E-state index in [4.69, 9.17) is 4.74 Å². The molecule has 1 unspecified atom stereocenters. The average molecular weight is 350 g/mol. The molecule has 0 spiro atoms. The molecule has 0 aromatic heterocycles. The quantitative estimate of drug-likeness (QED) is 0.491. The molecule has 2 amide bonds. The number of aliphatic hydroxyl groups is 1. The minimum Gasteiger partial charge on any atom is -0.491 e. The second-order valence-electron chi connectivity index (χ2n) is 5.37. The molecule has 130 valence electrons. The number of nitrogens with one attached hydrogen (secondary N) is 1. The second-order valence-corrected chi connectivity index (χ2v) is 6.30. The molecule has 1 atom stereocenters. The smallest absolute Gasteiger partial charge is 0.288 e. The second kappa shape index (κ2) is 9.46. The molecule has 0 saturated carbocycles. The van der Waals surface area contributed by atoms with Crippen LogP contribution in [-0.2, 0) is 11.2 Å². The van der Waals surface area contributed by atoms with E-state index in [1.807, 2.05) is 24.3 Å². The van der Waals surface area contributed by atoms with Crippen molar-refractivity contribution in [3.63, 3.8) is 0 Å². The number of para-hydroxylation sites is 1. The third kappa shape index (κ3) is 5.36. The zero-order valence-electron chi connectivity index (χ0n) is 13.4. The van der Waals surface area contributed by atoms with Crippen LogP contribution in [0.4, 0.5) is 4.79 Å². The highest BCUT2D eigenvalue weighted by Crippen LogP contribution is 2.19. The van der Waals surface area contributed by atoms with Gasteiger partial charge < -0.3 is 15.2 Å². The molecule has 6 nitrogen and oxygen atoms in total. The largest absolute Gasteiger partial charge is 0.491 e. The summed E-state index contributed by atoms with van der Waals surface area (Å²) < 4.78 is 5.66. The average Bonchev–Trinajstić information content (AvgIpc) is 2.90. The number of thioether (sulfide) groups is 1. The topological polar surface area (TPSA) is 78.9 Å². The Morgan fingerprint density at radius 3 is 2.92 bits per heavy atom. The van der Waals surface area contributed by atoms with Crippen LogP contribution in [0.5, 0.6) is 5.75 Å². The lowest BCUT2D eigenvalue weighted by molar-refractivity contribution is -0.124. The van der Waals surface area contributed by atoms with Crippen molar-refractivity contribution < 1.29 is 19.4 Å². The van der Waals surface area contributed by atoms with Crippen LogP contribution < -0.4 is 10.1 Å². The summed E-state index contributed by atoms with van der Waals surface area (Å²) in [5, 5.41) is 12.8. The van der Waals surface area contributed by atoms with Gasteiger partial charge >= 0.3 is 0 Å². The van der Waals surface area contributed by atoms with Crippen LogP contribution in [0.1, 0.15) is 5.56 Å². The molecule has 7 heteroatoms. The highest BCUT2D eigenvalue weighted by atomic mass is 32.2. The fourth-order valence-electron chi connectivity index (χ4n) is 2.27. The summed E-state index contributed by atoms with van der Waals surface area (Å²) >= 11 is 1.02. The number of amides is 2. The maximum atomic E-state index is 11.4. The molecule has 2 N–H and O–H groups in total. The van der Waals surface area contributed by atoms with E-state index in [2.05, 4.69) is 11.9 Å². The number of hydrogen-bond donors (Lipinski definition) is 2. The van der Waals surface area contributed by atoms with Gasteiger partial charge in [-0.15, -0.1) is 6.58 Å². The summed E-state index contributed by atoms with van der Waals surface area (Å²) in [6.07, 6.45) is 1.83. The van der Waals surface area contributed by atoms with E-state index in [0.717, 1.165) is 23.1 Å². The summed E-state index contributed by atoms with van der Waals surface area (Å²) in [4.78, 5) is 24.1. The zero-order chi connectivity index (χ0) is 17.4. The molecule has 1 saturated heterocycles. The number of nitrogens with zero attached hydrogens (tertiary/aromatic N) is 1. The van der Waals surface area contributed by atoms with Crippen LogP contribution in [-0.4, -0.2) is 59.3 Å². The molecule has 1 aliphatic rings. The van der Waals surface area contributed by atoms with Gasteiger partial charge in [-0.25, -0.2) is 0 Å². The van der Waals surface area contributed by atoms with Crippen LogP contribution in [0.3, 0.4) is 0 Å². The predicted octanol–water partition coefficient (Wildman–Crippen LogP) is 1.44. The number of aliphatic hydroxyl groups excluding tert-OH is 1. The summed E-state index contributed by atoms with van der Waals surface area (Å²) in [5.74, 6) is 0.801. The molecule has 1 aliphatic heterocycles.